The molecule has 1 aliphatic heterocycles. The molecule has 44 heavy (non-hydrogen) atoms. The van der Waals surface area contributed by atoms with Crippen LogP contribution in [0.4, 0.5) is 5.13 Å². The Bertz CT molecular complexity index is 1730. The van der Waals surface area contributed by atoms with Gasteiger partial charge in [0.2, 0.25) is 6.20 Å². The zero-order chi connectivity index (χ0) is 32.6. The summed E-state index contributed by atoms with van der Waals surface area (Å²) in [7, 11) is -3.10. The van der Waals surface area contributed by atoms with Gasteiger partial charge in [0.05, 0.1) is 29.9 Å². The van der Waals surface area contributed by atoms with Crippen molar-refractivity contribution in [2.75, 3.05) is 12.3 Å². The van der Waals surface area contributed by atoms with Crippen LogP contribution in [-0.2, 0) is 47.5 Å². The first-order chi connectivity index (χ1) is 20.5. The van der Waals surface area contributed by atoms with Crippen LogP contribution in [0.2, 0.25) is 0 Å². The maximum Gasteiger partial charge on any atom is 0.418 e. The van der Waals surface area contributed by atoms with Crippen LogP contribution in [0.1, 0.15) is 32.9 Å². The van der Waals surface area contributed by atoms with Gasteiger partial charge in [-0.15, -0.1) is 20.3 Å². The number of amides is 1. The smallest absolute Gasteiger partial charge is 0.418 e. The van der Waals surface area contributed by atoms with Gasteiger partial charge in [-0.2, -0.15) is 18.2 Å². The first kappa shape index (κ1) is 32.7. The third-order valence-electron chi connectivity index (χ3n) is 6.91. The van der Waals surface area contributed by atoms with Crippen molar-refractivity contribution in [2.24, 2.45) is 23.9 Å². The fraction of sp³-hybridized carbons (Fsp3) is 0.440. The van der Waals surface area contributed by atoms with Crippen molar-refractivity contribution in [3.63, 3.8) is 0 Å². The largest absolute Gasteiger partial charge is 0.489 e. The number of hydrogen-bond acceptors (Lipinski definition) is 13. The van der Waals surface area contributed by atoms with E-state index in [0.717, 1.165) is 22.2 Å². The lowest BCUT2D eigenvalue weighted by Crippen LogP contribution is -2.68. The van der Waals surface area contributed by atoms with E-state index in [9.17, 15) is 27.9 Å². The van der Waals surface area contributed by atoms with Crippen molar-refractivity contribution in [1.29, 1.82) is 0 Å². The lowest BCUT2D eigenvalue weighted by Gasteiger charge is -2.50. The Morgan fingerprint density at radius 3 is 2.59 bits per heavy atom. The number of ketones is 1. The Morgan fingerprint density at radius 2 is 2.02 bits per heavy atom. The van der Waals surface area contributed by atoms with Gasteiger partial charge in [-0.05, 0) is 39.0 Å². The van der Waals surface area contributed by atoms with Crippen LogP contribution in [0.25, 0.3) is 10.9 Å². The summed E-state index contributed by atoms with van der Waals surface area (Å²) in [5, 5.41) is 16.3. The third kappa shape index (κ3) is 7.13. The number of carbonyl (C=O) groups excluding carboxylic acids is 2. The molecule has 3 heterocycles. The molecule has 19 heteroatoms. The molecule has 17 nitrogen and oxygen atoms in total. The second-order valence-corrected chi connectivity index (χ2v) is 12.6. The second-order valence-electron chi connectivity index (χ2n) is 10.7. The number of anilines is 1. The monoisotopic (exact) mass is 654 g/mol. The maximum atomic E-state index is 13.3. The average Bonchev–Trinajstić information content (AvgIpc) is 3.48. The number of hydroxylamine groups is 2. The maximum absolute atomic E-state index is 13.3. The lowest BCUT2D eigenvalue weighted by atomic mass is 9.74. The SMILES string of the molecule is C[C@@H](N)C[n+]1cc2cc(OC[C@H](O/N=C(\C(=O)C[C@@H]3C(=O)N(OS(=O)(=O)O)C3(C)C)c3csc(N)n3)C(=O)O)ccc2n1C. The van der Waals surface area contributed by atoms with E-state index in [2.05, 4.69) is 14.4 Å². The van der Waals surface area contributed by atoms with Crippen molar-refractivity contribution < 1.29 is 51.0 Å². The van der Waals surface area contributed by atoms with E-state index >= 15 is 0 Å². The molecule has 238 valence electrons. The summed E-state index contributed by atoms with van der Waals surface area (Å²) in [6.45, 7) is 4.85. The predicted molar refractivity (Wildman–Crippen MR) is 155 cm³/mol. The van der Waals surface area contributed by atoms with E-state index in [1.165, 1.54) is 19.2 Å². The number of nitrogens with two attached hydrogens (primary N) is 2. The van der Waals surface area contributed by atoms with Gasteiger partial charge < -0.3 is 26.1 Å². The minimum absolute atomic E-state index is 0.0205. The van der Waals surface area contributed by atoms with Crippen LogP contribution in [0.15, 0.2) is 34.9 Å². The topological polar surface area (TPSA) is 243 Å². The number of fused-ring (bicyclic) bond motifs is 1. The number of nitrogens with zero attached hydrogens (tertiary/aromatic N) is 5. The molecule has 0 aliphatic carbocycles. The van der Waals surface area contributed by atoms with Crippen LogP contribution in [-0.4, -0.2) is 80.5 Å². The first-order valence-corrected chi connectivity index (χ1v) is 15.3. The molecule has 2 aromatic heterocycles. The number of oxime groups is 1. The Labute approximate surface area is 255 Å². The minimum atomic E-state index is -4.99. The fourth-order valence-electron chi connectivity index (χ4n) is 4.60. The minimum Gasteiger partial charge on any atom is -0.489 e. The molecule has 1 aromatic carbocycles. The van der Waals surface area contributed by atoms with Gasteiger partial charge >= 0.3 is 16.4 Å². The number of carbonyl (C=O) groups is 3. The van der Waals surface area contributed by atoms with Gasteiger partial charge in [-0.3, -0.25) is 14.1 Å². The summed E-state index contributed by atoms with van der Waals surface area (Å²) >= 11 is 0.988. The highest BCUT2D eigenvalue weighted by Gasteiger charge is 2.57. The number of rotatable bonds is 14. The van der Waals surface area contributed by atoms with Crippen LogP contribution >= 0.6 is 11.3 Å². The summed E-state index contributed by atoms with van der Waals surface area (Å²) in [5.74, 6) is -3.79. The van der Waals surface area contributed by atoms with Crippen molar-refractivity contribution in [1.82, 2.24) is 14.7 Å². The number of carboxylic acids is 1. The molecule has 0 spiro atoms. The molecule has 1 amide bonds. The molecule has 1 fully saturated rings. The molecule has 4 rings (SSSR count). The van der Waals surface area contributed by atoms with Gasteiger partial charge in [-0.1, -0.05) is 5.16 Å². The van der Waals surface area contributed by atoms with Crippen molar-refractivity contribution in [3.8, 4) is 5.75 Å². The predicted octanol–water partition coefficient (Wildman–Crippen LogP) is 0.0352. The Morgan fingerprint density at radius 1 is 1.32 bits per heavy atom. The molecule has 6 N–H and O–H groups in total. The molecule has 0 unspecified atom stereocenters. The van der Waals surface area contributed by atoms with Crippen molar-refractivity contribution >= 4 is 61.1 Å². The molecule has 1 saturated heterocycles. The third-order valence-corrected chi connectivity index (χ3v) is 7.92. The van der Waals surface area contributed by atoms with E-state index in [1.54, 1.807) is 12.1 Å². The van der Waals surface area contributed by atoms with E-state index in [1.807, 2.05) is 35.6 Å². The van der Waals surface area contributed by atoms with Crippen LogP contribution in [0.3, 0.4) is 0 Å². The Hall–Kier alpha value is -4.17. The van der Waals surface area contributed by atoms with E-state index in [4.69, 9.17) is 25.6 Å². The second kappa shape index (κ2) is 12.4. The summed E-state index contributed by atoms with van der Waals surface area (Å²) in [6, 6.07) is 5.14. The van der Waals surface area contributed by atoms with Crippen LogP contribution in [0, 0.1) is 5.92 Å². The number of aliphatic carboxylic acids is 1. The number of thiazole rings is 1. The Kier molecular flexibility index (Phi) is 9.26. The Balaban J connectivity index is 1.50. The molecule has 3 aromatic rings. The van der Waals surface area contributed by atoms with Gasteiger partial charge in [0.15, 0.2) is 23.2 Å². The van der Waals surface area contributed by atoms with E-state index in [-0.39, 0.29) is 16.9 Å². The standard InChI is InChI=1S/C25H31N7O10S2/c1-13(26)9-31-10-14-7-15(5-6-18(14)30(31)4)40-11-20(23(35)36)41-29-21(17-12-43-24(27)28-17)19(33)8-16-22(34)32(25(16,2)3)42-44(37,38)39/h5-7,10,12-13,16,20H,8-9,11,26H2,1-4H3,(H3-,27,28,35,36,37,38,39)/p+1/b29-21-/t13-,16-,20+/m1/s1. The number of nitrogen functional groups attached to an aromatic ring is 1. The number of aromatic nitrogens is 3. The summed E-state index contributed by atoms with van der Waals surface area (Å²) < 4.78 is 45.0. The number of hydrogen-bond donors (Lipinski definition) is 4. The lowest BCUT2D eigenvalue weighted by molar-refractivity contribution is -0.772. The molecule has 3 atom stereocenters. The zero-order valence-corrected chi connectivity index (χ0v) is 25.7. The van der Waals surface area contributed by atoms with Crippen molar-refractivity contribution in [3.05, 3.63) is 35.5 Å². The highest BCUT2D eigenvalue weighted by Crippen LogP contribution is 2.40. The molecule has 0 radical (unpaired) electrons. The number of Topliss-reactive ketones (excluding diaryl/α,β-unsaturated/α-hetero) is 1. The summed E-state index contributed by atoms with van der Waals surface area (Å²) in [4.78, 5) is 47.1. The number of β-lactam (4-membered cyclic amide) rings is 1. The molecule has 0 bridgehead atoms. The number of carboxylic acid groups (broad SMARTS) is 1. The fourth-order valence-corrected chi connectivity index (χ4v) is 5.60. The normalized spacial score (nSPS) is 18.1. The number of ether oxygens (including phenoxy) is 1. The van der Waals surface area contributed by atoms with Crippen LogP contribution < -0.4 is 20.9 Å². The van der Waals surface area contributed by atoms with Gasteiger partial charge in [0.1, 0.15) is 23.6 Å². The quantitative estimate of drug-likeness (QED) is 0.0590. The van der Waals surface area contributed by atoms with E-state index in [0.29, 0.717) is 17.4 Å². The molecular formula is C25H32N7O10S2+. The van der Waals surface area contributed by atoms with Crippen molar-refractivity contribution in [2.45, 2.75) is 51.4 Å². The summed E-state index contributed by atoms with van der Waals surface area (Å²) in [6.07, 6.45) is -0.255. The van der Waals surface area contributed by atoms with E-state index < -0.39 is 64.4 Å². The average molecular weight is 655 g/mol. The first-order valence-electron chi connectivity index (χ1n) is 13.1. The highest BCUT2D eigenvalue weighted by molar-refractivity contribution is 7.80. The molecule has 1 aliphatic rings. The zero-order valence-electron chi connectivity index (χ0n) is 24.1. The van der Waals surface area contributed by atoms with Gasteiger partial charge in [-0.25, -0.2) is 9.78 Å². The van der Waals surface area contributed by atoms with Crippen LogP contribution in [0.5, 0.6) is 5.75 Å². The molecular weight excluding hydrogens is 622 g/mol. The van der Waals surface area contributed by atoms with Gasteiger partial charge in [0, 0.05) is 11.8 Å². The van der Waals surface area contributed by atoms with Gasteiger partial charge in [0.25, 0.3) is 12.0 Å². The number of aryl methyl sites for hydroxylation is 1. The number of benzene rings is 1. The summed E-state index contributed by atoms with van der Waals surface area (Å²) in [5.41, 5.74) is 10.8. The molecule has 0 saturated carbocycles. The highest BCUT2D eigenvalue weighted by atomic mass is 32.3.